The number of benzene rings is 2. The lowest BCUT2D eigenvalue weighted by Gasteiger charge is -2.40. The molecular formula is C26H34N2OS. The molecule has 0 aromatic heterocycles. The van der Waals surface area contributed by atoms with Gasteiger partial charge >= 0.3 is 0 Å². The zero-order valence-electron chi connectivity index (χ0n) is 17.9. The van der Waals surface area contributed by atoms with E-state index in [1.54, 1.807) is 11.1 Å². The number of hydrogen-bond donors (Lipinski definition) is 1. The molecule has 1 saturated carbocycles. The molecule has 1 N–H and O–H groups in total. The maximum atomic E-state index is 9.16. The van der Waals surface area contributed by atoms with Crippen molar-refractivity contribution in [3.05, 3.63) is 59.2 Å². The van der Waals surface area contributed by atoms with Gasteiger partial charge in [-0.05, 0) is 60.4 Å². The molecule has 2 aromatic rings. The Labute approximate surface area is 185 Å². The summed E-state index contributed by atoms with van der Waals surface area (Å²) in [6.07, 6.45) is 7.50. The Kier molecular flexibility index (Phi) is 6.47. The Morgan fingerprint density at radius 3 is 2.53 bits per heavy atom. The van der Waals surface area contributed by atoms with Gasteiger partial charge in [0.25, 0.3) is 0 Å². The monoisotopic (exact) mass is 422 g/mol. The average Bonchev–Trinajstić information content (AvgIpc) is 3.27. The fraction of sp³-hybridized carbons (Fsp3) is 0.538. The molecule has 1 saturated heterocycles. The van der Waals surface area contributed by atoms with E-state index in [-0.39, 0.29) is 0 Å². The molecule has 3 nitrogen and oxygen atoms in total. The Morgan fingerprint density at radius 2 is 1.73 bits per heavy atom. The molecule has 3 aliphatic rings. The van der Waals surface area contributed by atoms with Crippen molar-refractivity contribution in [2.24, 2.45) is 0 Å². The van der Waals surface area contributed by atoms with Crippen LogP contribution in [0.15, 0.2) is 52.3 Å². The van der Waals surface area contributed by atoms with Crippen molar-refractivity contribution in [3.8, 4) is 0 Å². The Hall–Kier alpha value is -1.33. The first-order valence-electron chi connectivity index (χ1n) is 11.8. The minimum atomic E-state index is 0.300. The lowest BCUT2D eigenvalue weighted by molar-refractivity contribution is 0.0899. The molecule has 0 amide bonds. The third-order valence-electron chi connectivity index (χ3n) is 7.31. The van der Waals surface area contributed by atoms with E-state index < -0.39 is 0 Å². The molecule has 160 valence electrons. The van der Waals surface area contributed by atoms with Crippen LogP contribution in [0.3, 0.4) is 0 Å². The molecule has 2 aromatic carbocycles. The third kappa shape index (κ3) is 4.34. The van der Waals surface area contributed by atoms with E-state index in [0.717, 1.165) is 51.5 Å². The second-order valence-corrected chi connectivity index (χ2v) is 10.2. The Bertz CT molecular complexity index is 856. The van der Waals surface area contributed by atoms with Crippen LogP contribution in [-0.2, 0) is 6.42 Å². The van der Waals surface area contributed by atoms with Gasteiger partial charge in [-0.15, -0.1) is 0 Å². The largest absolute Gasteiger partial charge is 0.396 e. The van der Waals surface area contributed by atoms with Gasteiger partial charge in [-0.2, -0.15) is 0 Å². The van der Waals surface area contributed by atoms with Crippen LogP contribution in [0.2, 0.25) is 0 Å². The molecule has 4 heteroatoms. The first-order valence-corrected chi connectivity index (χ1v) is 12.6. The van der Waals surface area contributed by atoms with Gasteiger partial charge in [0.1, 0.15) is 0 Å². The molecule has 5 rings (SSSR count). The second kappa shape index (κ2) is 9.44. The van der Waals surface area contributed by atoms with E-state index in [0.29, 0.717) is 12.6 Å². The van der Waals surface area contributed by atoms with Crippen molar-refractivity contribution < 1.29 is 5.11 Å². The molecule has 1 atom stereocenters. The van der Waals surface area contributed by atoms with E-state index in [1.165, 1.54) is 41.0 Å². The van der Waals surface area contributed by atoms with Gasteiger partial charge in [-0.3, -0.25) is 4.90 Å². The predicted octanol–water partition coefficient (Wildman–Crippen LogP) is 5.09. The van der Waals surface area contributed by atoms with Gasteiger partial charge in [0.2, 0.25) is 0 Å². The summed E-state index contributed by atoms with van der Waals surface area (Å²) in [5.41, 5.74) is 4.63. The van der Waals surface area contributed by atoms with Crippen molar-refractivity contribution in [2.75, 3.05) is 39.3 Å². The van der Waals surface area contributed by atoms with E-state index in [4.69, 9.17) is 5.11 Å². The smallest absolute Gasteiger partial charge is 0.0443 e. The molecular weight excluding hydrogens is 388 g/mol. The molecule has 0 radical (unpaired) electrons. The summed E-state index contributed by atoms with van der Waals surface area (Å²) in [4.78, 5) is 8.13. The van der Waals surface area contributed by atoms with Gasteiger partial charge in [0, 0.05) is 55.2 Å². The molecule has 0 bridgehead atoms. The summed E-state index contributed by atoms with van der Waals surface area (Å²) in [5, 5.41) is 9.16. The van der Waals surface area contributed by atoms with E-state index in [9.17, 15) is 0 Å². The number of aliphatic hydroxyl groups is 1. The quantitative estimate of drug-likeness (QED) is 0.726. The highest BCUT2D eigenvalue weighted by Gasteiger charge is 2.31. The van der Waals surface area contributed by atoms with E-state index in [1.807, 2.05) is 11.8 Å². The summed E-state index contributed by atoms with van der Waals surface area (Å²) in [5.74, 6) is 0.766. The summed E-state index contributed by atoms with van der Waals surface area (Å²) < 4.78 is 0. The number of fused-ring (bicyclic) bond motifs is 2. The van der Waals surface area contributed by atoms with Crippen molar-refractivity contribution in [2.45, 2.75) is 60.3 Å². The highest BCUT2D eigenvalue weighted by Crippen LogP contribution is 2.45. The summed E-state index contributed by atoms with van der Waals surface area (Å²) in [6, 6.07) is 16.9. The van der Waals surface area contributed by atoms with Gasteiger partial charge in [0.05, 0.1) is 0 Å². The van der Waals surface area contributed by atoms with Crippen LogP contribution >= 0.6 is 11.8 Å². The van der Waals surface area contributed by atoms with Gasteiger partial charge in [-0.1, -0.05) is 54.9 Å². The van der Waals surface area contributed by atoms with Crippen molar-refractivity contribution in [3.63, 3.8) is 0 Å². The summed E-state index contributed by atoms with van der Waals surface area (Å²) >= 11 is 1.97. The molecule has 2 fully saturated rings. The topological polar surface area (TPSA) is 26.7 Å². The molecule has 2 heterocycles. The SMILES string of the molecule is OCCCN1CCN(C2Cc3ccccc3Sc3ccc(C4CCCC4)cc32)CC1. The molecule has 1 aliphatic carbocycles. The van der Waals surface area contributed by atoms with Crippen LogP contribution in [0.25, 0.3) is 0 Å². The van der Waals surface area contributed by atoms with Gasteiger partial charge in [0.15, 0.2) is 0 Å². The van der Waals surface area contributed by atoms with E-state index in [2.05, 4.69) is 52.3 Å². The fourth-order valence-electron chi connectivity index (χ4n) is 5.56. The zero-order chi connectivity index (χ0) is 20.3. The lowest BCUT2D eigenvalue weighted by Crippen LogP contribution is -2.48. The van der Waals surface area contributed by atoms with Crippen LogP contribution in [0.1, 0.15) is 60.8 Å². The van der Waals surface area contributed by atoms with Crippen LogP contribution in [0.4, 0.5) is 0 Å². The fourth-order valence-corrected chi connectivity index (χ4v) is 6.68. The van der Waals surface area contributed by atoms with Crippen LogP contribution in [0, 0.1) is 0 Å². The third-order valence-corrected chi connectivity index (χ3v) is 8.52. The minimum Gasteiger partial charge on any atom is -0.396 e. The van der Waals surface area contributed by atoms with Crippen LogP contribution in [-0.4, -0.2) is 54.2 Å². The Morgan fingerprint density at radius 1 is 0.933 bits per heavy atom. The highest BCUT2D eigenvalue weighted by atomic mass is 32.2. The van der Waals surface area contributed by atoms with E-state index >= 15 is 0 Å². The van der Waals surface area contributed by atoms with Crippen LogP contribution in [0.5, 0.6) is 0 Å². The standard InChI is InChI=1S/C26H34N2OS/c29-17-5-12-27-13-15-28(16-14-27)24-19-22-8-3-4-9-25(22)30-26-11-10-21(18-23(24)26)20-6-1-2-7-20/h3-4,8-11,18,20,24,29H,1-2,5-7,12-17,19H2. The molecule has 30 heavy (non-hydrogen) atoms. The first kappa shape index (κ1) is 20.6. The number of rotatable bonds is 5. The zero-order valence-corrected chi connectivity index (χ0v) is 18.7. The van der Waals surface area contributed by atoms with Crippen molar-refractivity contribution in [1.29, 1.82) is 0 Å². The Balaban J connectivity index is 1.44. The predicted molar refractivity (Wildman–Crippen MR) is 124 cm³/mol. The maximum absolute atomic E-state index is 9.16. The molecule has 2 aliphatic heterocycles. The summed E-state index contributed by atoms with van der Waals surface area (Å²) in [7, 11) is 0. The number of aliphatic hydroxyl groups excluding tert-OH is 1. The number of hydrogen-bond acceptors (Lipinski definition) is 4. The normalized spacial score (nSPS) is 23.2. The number of nitrogens with zero attached hydrogens (tertiary/aromatic N) is 2. The minimum absolute atomic E-state index is 0.300. The van der Waals surface area contributed by atoms with Gasteiger partial charge in [-0.25, -0.2) is 0 Å². The highest BCUT2D eigenvalue weighted by molar-refractivity contribution is 7.99. The maximum Gasteiger partial charge on any atom is 0.0443 e. The number of piperazine rings is 1. The van der Waals surface area contributed by atoms with Gasteiger partial charge < -0.3 is 10.0 Å². The second-order valence-electron chi connectivity index (χ2n) is 9.16. The molecule has 1 unspecified atom stereocenters. The van der Waals surface area contributed by atoms with Crippen molar-refractivity contribution >= 4 is 11.8 Å². The summed E-state index contributed by atoms with van der Waals surface area (Å²) in [6.45, 7) is 5.79. The average molecular weight is 423 g/mol. The molecule has 0 spiro atoms. The first-order chi connectivity index (χ1) is 14.8. The van der Waals surface area contributed by atoms with Crippen LogP contribution < -0.4 is 0 Å². The van der Waals surface area contributed by atoms with Crippen molar-refractivity contribution in [1.82, 2.24) is 9.80 Å². The lowest BCUT2D eigenvalue weighted by atomic mass is 9.91.